The third-order valence-corrected chi connectivity index (χ3v) is 3.91. The van der Waals surface area contributed by atoms with Gasteiger partial charge in [-0.05, 0) is 48.8 Å². The molecule has 2 nitrogen and oxygen atoms in total. The lowest BCUT2D eigenvalue weighted by atomic mass is 9.82. The van der Waals surface area contributed by atoms with Crippen molar-refractivity contribution in [3.8, 4) is 11.8 Å². The summed E-state index contributed by atoms with van der Waals surface area (Å²) < 4.78 is 6.07. The molecule has 0 amide bonds. The molecule has 0 spiro atoms. The summed E-state index contributed by atoms with van der Waals surface area (Å²) in [6.45, 7) is 5.77. The van der Waals surface area contributed by atoms with Crippen molar-refractivity contribution >= 4 is 0 Å². The summed E-state index contributed by atoms with van der Waals surface area (Å²) >= 11 is 0. The zero-order valence-electron chi connectivity index (χ0n) is 12.6. The quantitative estimate of drug-likeness (QED) is 0.856. The largest absolute Gasteiger partial charge is 0.374 e. The van der Waals surface area contributed by atoms with Gasteiger partial charge >= 0.3 is 0 Å². The van der Waals surface area contributed by atoms with Gasteiger partial charge in [-0.25, -0.2) is 0 Å². The Bertz CT molecular complexity index is 458. The molecule has 0 aliphatic heterocycles. The van der Waals surface area contributed by atoms with Gasteiger partial charge in [0.2, 0.25) is 0 Å². The summed E-state index contributed by atoms with van der Waals surface area (Å²) in [6, 6.07) is 8.26. The first kappa shape index (κ1) is 15.1. The lowest BCUT2D eigenvalue weighted by molar-refractivity contribution is -0.00915. The van der Waals surface area contributed by atoms with E-state index >= 15 is 0 Å². The van der Waals surface area contributed by atoms with Crippen LogP contribution in [0.4, 0.5) is 0 Å². The molecular weight excluding hydrogens is 246 g/mol. The highest BCUT2D eigenvalue weighted by Gasteiger charge is 2.24. The van der Waals surface area contributed by atoms with Gasteiger partial charge in [0.25, 0.3) is 0 Å². The van der Waals surface area contributed by atoms with Gasteiger partial charge in [0.05, 0.1) is 19.3 Å². The van der Waals surface area contributed by atoms with Crippen LogP contribution in [0.1, 0.15) is 44.2 Å². The van der Waals surface area contributed by atoms with Crippen molar-refractivity contribution in [2.75, 3.05) is 6.54 Å². The molecule has 0 bridgehead atoms. The molecule has 2 atom stereocenters. The molecule has 2 unspecified atom stereocenters. The van der Waals surface area contributed by atoms with E-state index in [0.717, 1.165) is 17.4 Å². The lowest BCUT2D eigenvalue weighted by Crippen LogP contribution is -2.26. The SMILES string of the molecule is CC1CC(C)CC(OCc2ccc(C#CCN)cc2)C1. The monoisotopic (exact) mass is 271 g/mol. The molecule has 20 heavy (non-hydrogen) atoms. The molecule has 1 saturated carbocycles. The van der Waals surface area contributed by atoms with Crippen LogP contribution in [0.25, 0.3) is 0 Å². The Kier molecular flexibility index (Phi) is 5.64. The minimum atomic E-state index is 0.406. The van der Waals surface area contributed by atoms with Gasteiger partial charge < -0.3 is 10.5 Å². The summed E-state index contributed by atoms with van der Waals surface area (Å²) in [6.07, 6.45) is 4.16. The first-order valence-corrected chi connectivity index (χ1v) is 7.57. The number of hydrogen-bond acceptors (Lipinski definition) is 2. The summed E-state index contributed by atoms with van der Waals surface area (Å²) in [5, 5.41) is 0. The highest BCUT2D eigenvalue weighted by atomic mass is 16.5. The average Bonchev–Trinajstić information content (AvgIpc) is 2.43. The maximum absolute atomic E-state index is 6.07. The summed E-state index contributed by atoms with van der Waals surface area (Å²) in [5.74, 6) is 7.48. The zero-order valence-corrected chi connectivity index (χ0v) is 12.6. The fourth-order valence-corrected chi connectivity index (χ4v) is 3.06. The number of rotatable bonds is 3. The molecule has 1 fully saturated rings. The predicted octanol–water partition coefficient (Wildman–Crippen LogP) is 3.34. The van der Waals surface area contributed by atoms with E-state index in [4.69, 9.17) is 10.5 Å². The maximum atomic E-state index is 6.07. The van der Waals surface area contributed by atoms with Gasteiger partial charge in [-0.3, -0.25) is 0 Å². The van der Waals surface area contributed by atoms with Gasteiger partial charge in [-0.15, -0.1) is 0 Å². The molecule has 2 heteroatoms. The fourth-order valence-electron chi connectivity index (χ4n) is 3.06. The first-order chi connectivity index (χ1) is 9.67. The van der Waals surface area contributed by atoms with Crippen molar-refractivity contribution in [1.29, 1.82) is 0 Å². The van der Waals surface area contributed by atoms with E-state index in [9.17, 15) is 0 Å². The Hall–Kier alpha value is -1.30. The number of nitrogens with two attached hydrogens (primary N) is 1. The van der Waals surface area contributed by atoms with Crippen molar-refractivity contribution < 1.29 is 4.74 Å². The Balaban J connectivity index is 1.84. The van der Waals surface area contributed by atoms with Crippen LogP contribution in [-0.4, -0.2) is 12.6 Å². The highest BCUT2D eigenvalue weighted by Crippen LogP contribution is 2.30. The molecule has 0 saturated heterocycles. The van der Waals surface area contributed by atoms with Gasteiger partial charge in [0.15, 0.2) is 0 Å². The van der Waals surface area contributed by atoms with E-state index in [1.54, 1.807) is 0 Å². The van der Waals surface area contributed by atoms with E-state index < -0.39 is 0 Å². The minimum Gasteiger partial charge on any atom is -0.374 e. The second-order valence-corrected chi connectivity index (χ2v) is 6.05. The first-order valence-electron chi connectivity index (χ1n) is 7.57. The summed E-state index contributed by atoms with van der Waals surface area (Å²) in [7, 11) is 0. The average molecular weight is 271 g/mol. The van der Waals surface area contributed by atoms with E-state index in [1.165, 1.54) is 24.8 Å². The predicted molar refractivity (Wildman–Crippen MR) is 83.1 cm³/mol. The lowest BCUT2D eigenvalue weighted by Gasteiger charge is -2.31. The molecule has 1 aromatic rings. The zero-order chi connectivity index (χ0) is 14.4. The van der Waals surface area contributed by atoms with Crippen molar-refractivity contribution in [2.24, 2.45) is 17.6 Å². The van der Waals surface area contributed by atoms with Gasteiger partial charge in [-0.2, -0.15) is 0 Å². The van der Waals surface area contributed by atoms with Crippen LogP contribution in [0.3, 0.4) is 0 Å². The van der Waals surface area contributed by atoms with E-state index in [1.807, 2.05) is 12.1 Å². The Labute approximate surface area is 122 Å². The molecule has 0 aromatic heterocycles. The van der Waals surface area contributed by atoms with Gasteiger partial charge in [-0.1, -0.05) is 37.8 Å². The van der Waals surface area contributed by atoms with Crippen LogP contribution in [0.15, 0.2) is 24.3 Å². The molecule has 108 valence electrons. The van der Waals surface area contributed by atoms with Crippen LogP contribution < -0.4 is 5.73 Å². The highest BCUT2D eigenvalue weighted by molar-refractivity contribution is 5.36. The second-order valence-electron chi connectivity index (χ2n) is 6.05. The summed E-state index contributed by atoms with van der Waals surface area (Å²) in [4.78, 5) is 0. The third kappa shape index (κ3) is 4.67. The Morgan fingerprint density at radius 2 is 1.75 bits per heavy atom. The van der Waals surface area contributed by atoms with Crippen LogP contribution >= 0.6 is 0 Å². The van der Waals surface area contributed by atoms with Crippen molar-refractivity contribution in [2.45, 2.75) is 45.8 Å². The van der Waals surface area contributed by atoms with Crippen LogP contribution in [-0.2, 0) is 11.3 Å². The Morgan fingerprint density at radius 1 is 1.10 bits per heavy atom. The van der Waals surface area contributed by atoms with E-state index in [0.29, 0.717) is 19.3 Å². The number of ether oxygens (including phenoxy) is 1. The molecule has 2 N–H and O–H groups in total. The van der Waals surface area contributed by atoms with Gasteiger partial charge in [0, 0.05) is 5.56 Å². The molecule has 2 rings (SSSR count). The summed E-state index contributed by atoms with van der Waals surface area (Å²) in [5.41, 5.74) is 7.60. The smallest absolute Gasteiger partial charge is 0.0720 e. The van der Waals surface area contributed by atoms with Crippen molar-refractivity contribution in [3.05, 3.63) is 35.4 Å². The van der Waals surface area contributed by atoms with Crippen LogP contribution in [0.2, 0.25) is 0 Å². The molecule has 0 heterocycles. The van der Waals surface area contributed by atoms with Crippen LogP contribution in [0.5, 0.6) is 0 Å². The van der Waals surface area contributed by atoms with E-state index in [-0.39, 0.29) is 0 Å². The number of hydrogen-bond donors (Lipinski definition) is 1. The van der Waals surface area contributed by atoms with Crippen molar-refractivity contribution in [3.63, 3.8) is 0 Å². The molecule has 1 aliphatic rings. The molecule has 1 aromatic carbocycles. The topological polar surface area (TPSA) is 35.2 Å². The molecule has 0 radical (unpaired) electrons. The maximum Gasteiger partial charge on any atom is 0.0720 e. The Morgan fingerprint density at radius 3 is 2.35 bits per heavy atom. The van der Waals surface area contributed by atoms with Gasteiger partial charge in [0.1, 0.15) is 0 Å². The minimum absolute atomic E-state index is 0.406. The van der Waals surface area contributed by atoms with Crippen molar-refractivity contribution in [1.82, 2.24) is 0 Å². The van der Waals surface area contributed by atoms with Crippen LogP contribution in [0, 0.1) is 23.7 Å². The standard InChI is InChI=1S/C18H25NO/c1-14-10-15(2)12-18(11-14)20-13-17-7-5-16(6-8-17)4-3-9-19/h5-8,14-15,18H,9-13,19H2,1-2H3. The fraction of sp³-hybridized carbons (Fsp3) is 0.556. The normalized spacial score (nSPS) is 25.9. The second kappa shape index (κ2) is 7.47. The third-order valence-electron chi connectivity index (χ3n) is 3.91. The number of benzene rings is 1. The van der Waals surface area contributed by atoms with E-state index in [2.05, 4.69) is 37.8 Å². The molecule has 1 aliphatic carbocycles. The molecular formula is C18H25NO.